The number of ether oxygens (including phenoxy) is 1. The highest BCUT2D eigenvalue weighted by Crippen LogP contribution is 2.29. The summed E-state index contributed by atoms with van der Waals surface area (Å²) in [6.45, 7) is 2.04. The number of benzene rings is 1. The van der Waals surface area contributed by atoms with Gasteiger partial charge in [0.15, 0.2) is 6.61 Å². The van der Waals surface area contributed by atoms with Crippen LogP contribution in [-0.4, -0.2) is 47.5 Å². The number of nitrogens with zero attached hydrogens (tertiary/aromatic N) is 2. The second-order valence-electron chi connectivity index (χ2n) is 6.15. The molecule has 2 aliphatic rings. The van der Waals surface area contributed by atoms with Gasteiger partial charge in [0.1, 0.15) is 5.75 Å². The van der Waals surface area contributed by atoms with Gasteiger partial charge in [0.25, 0.3) is 11.6 Å². The number of hydrogen-bond acceptors (Lipinski definition) is 5. The van der Waals surface area contributed by atoms with E-state index in [2.05, 4.69) is 10.2 Å². The summed E-state index contributed by atoms with van der Waals surface area (Å²) in [5, 5.41) is 13.6. The Bertz CT molecular complexity index is 563. The molecule has 7 nitrogen and oxygen atoms in total. The molecule has 1 aromatic rings. The fourth-order valence-electron chi connectivity index (χ4n) is 2.93. The van der Waals surface area contributed by atoms with Gasteiger partial charge in [-0.3, -0.25) is 14.9 Å². The molecule has 2 fully saturated rings. The van der Waals surface area contributed by atoms with E-state index in [-0.39, 0.29) is 24.2 Å². The Kier molecular flexibility index (Phi) is 4.76. The largest absolute Gasteiger partial charge is 0.484 e. The lowest BCUT2D eigenvalue weighted by atomic mass is 10.0. The van der Waals surface area contributed by atoms with E-state index < -0.39 is 4.92 Å². The van der Waals surface area contributed by atoms with E-state index in [1.165, 1.54) is 37.1 Å². The number of amides is 1. The van der Waals surface area contributed by atoms with E-state index >= 15 is 0 Å². The summed E-state index contributed by atoms with van der Waals surface area (Å²) in [5.74, 6) is 0.308. The van der Waals surface area contributed by atoms with Crippen molar-refractivity contribution in [3.8, 4) is 5.75 Å². The molecule has 124 valence electrons. The van der Waals surface area contributed by atoms with Crippen molar-refractivity contribution in [1.82, 2.24) is 10.2 Å². The predicted octanol–water partition coefficient (Wildman–Crippen LogP) is 1.72. The highest BCUT2D eigenvalue weighted by molar-refractivity contribution is 5.77. The van der Waals surface area contributed by atoms with Crippen molar-refractivity contribution in [3.63, 3.8) is 0 Å². The minimum atomic E-state index is -0.468. The number of non-ortho nitro benzene ring substituents is 1. The molecule has 1 N–H and O–H groups in total. The first-order chi connectivity index (χ1) is 11.1. The summed E-state index contributed by atoms with van der Waals surface area (Å²) in [7, 11) is 0. The molecule has 23 heavy (non-hydrogen) atoms. The van der Waals surface area contributed by atoms with Gasteiger partial charge in [0, 0.05) is 37.3 Å². The summed E-state index contributed by atoms with van der Waals surface area (Å²) >= 11 is 0. The number of nitrogens with one attached hydrogen (secondary N) is 1. The van der Waals surface area contributed by atoms with Crippen molar-refractivity contribution in [2.24, 2.45) is 0 Å². The van der Waals surface area contributed by atoms with Crippen LogP contribution in [0.25, 0.3) is 0 Å². The van der Waals surface area contributed by atoms with Crippen molar-refractivity contribution in [2.75, 3.05) is 19.7 Å². The molecule has 1 aliphatic carbocycles. The van der Waals surface area contributed by atoms with Crippen LogP contribution in [0.1, 0.15) is 25.7 Å². The number of nitro benzene ring substituents is 1. The number of carbonyl (C=O) groups is 1. The van der Waals surface area contributed by atoms with Gasteiger partial charge in [-0.2, -0.15) is 0 Å². The standard InChI is InChI=1S/C16H21N3O4/c20-16(11-23-15-5-3-14(4-6-15)19(21)22)17-12-7-9-18(10-8-12)13-1-2-13/h3-6,12-13H,1-2,7-11H2,(H,17,20). The Morgan fingerprint density at radius 2 is 1.87 bits per heavy atom. The van der Waals surface area contributed by atoms with Crippen LogP contribution in [0.4, 0.5) is 5.69 Å². The molecule has 0 radical (unpaired) electrons. The number of rotatable bonds is 6. The minimum Gasteiger partial charge on any atom is -0.484 e. The lowest BCUT2D eigenvalue weighted by molar-refractivity contribution is -0.384. The van der Waals surface area contributed by atoms with Gasteiger partial charge in [-0.15, -0.1) is 0 Å². The van der Waals surface area contributed by atoms with E-state index in [1.54, 1.807) is 0 Å². The maximum atomic E-state index is 11.9. The Morgan fingerprint density at radius 1 is 1.22 bits per heavy atom. The van der Waals surface area contributed by atoms with E-state index in [1.807, 2.05) is 0 Å². The average Bonchev–Trinajstić information content (AvgIpc) is 3.39. The van der Waals surface area contributed by atoms with E-state index in [9.17, 15) is 14.9 Å². The summed E-state index contributed by atoms with van der Waals surface area (Å²) in [5.41, 5.74) is 0.00391. The lowest BCUT2D eigenvalue weighted by Crippen LogP contribution is -2.46. The van der Waals surface area contributed by atoms with Crippen LogP contribution in [0.3, 0.4) is 0 Å². The fourth-order valence-corrected chi connectivity index (χ4v) is 2.93. The molecule has 7 heteroatoms. The van der Waals surface area contributed by atoms with Gasteiger partial charge in [-0.1, -0.05) is 0 Å². The van der Waals surface area contributed by atoms with Crippen LogP contribution in [0.15, 0.2) is 24.3 Å². The van der Waals surface area contributed by atoms with E-state index in [0.29, 0.717) is 5.75 Å². The molecule has 1 aromatic carbocycles. The zero-order valence-corrected chi connectivity index (χ0v) is 12.9. The van der Waals surface area contributed by atoms with Crippen molar-refractivity contribution < 1.29 is 14.5 Å². The smallest absolute Gasteiger partial charge is 0.269 e. The van der Waals surface area contributed by atoms with Gasteiger partial charge in [0.05, 0.1) is 4.92 Å². The zero-order valence-electron chi connectivity index (χ0n) is 12.9. The lowest BCUT2D eigenvalue weighted by Gasteiger charge is -2.32. The quantitative estimate of drug-likeness (QED) is 0.637. The molecule has 1 aliphatic heterocycles. The van der Waals surface area contributed by atoms with Crippen LogP contribution < -0.4 is 10.1 Å². The second kappa shape index (κ2) is 6.95. The topological polar surface area (TPSA) is 84.7 Å². The first-order valence-corrected chi connectivity index (χ1v) is 8.02. The maximum absolute atomic E-state index is 11.9. The van der Waals surface area contributed by atoms with Gasteiger partial charge >= 0.3 is 0 Å². The normalized spacial score (nSPS) is 19.3. The van der Waals surface area contributed by atoms with Gasteiger partial charge in [0.2, 0.25) is 0 Å². The van der Waals surface area contributed by atoms with Crippen molar-refractivity contribution in [1.29, 1.82) is 0 Å². The van der Waals surface area contributed by atoms with Crippen LogP contribution in [0, 0.1) is 10.1 Å². The molecule has 0 spiro atoms. The Balaban J connectivity index is 1.38. The predicted molar refractivity (Wildman–Crippen MR) is 84.4 cm³/mol. The zero-order chi connectivity index (χ0) is 16.2. The van der Waals surface area contributed by atoms with Gasteiger partial charge in [-0.05, 0) is 37.8 Å². The third-order valence-electron chi connectivity index (χ3n) is 4.38. The van der Waals surface area contributed by atoms with Crippen molar-refractivity contribution in [2.45, 2.75) is 37.8 Å². The monoisotopic (exact) mass is 319 g/mol. The molecule has 1 saturated heterocycles. The highest BCUT2D eigenvalue weighted by atomic mass is 16.6. The average molecular weight is 319 g/mol. The summed E-state index contributed by atoms with van der Waals surface area (Å²) in [6.07, 6.45) is 4.61. The third kappa shape index (κ3) is 4.41. The second-order valence-corrected chi connectivity index (χ2v) is 6.15. The molecule has 3 rings (SSSR count). The van der Waals surface area contributed by atoms with Crippen LogP contribution in [0.5, 0.6) is 5.75 Å². The van der Waals surface area contributed by atoms with E-state index in [4.69, 9.17) is 4.74 Å². The SMILES string of the molecule is O=C(COc1ccc([N+](=O)[O-])cc1)NC1CCN(C2CC2)CC1. The molecule has 1 amide bonds. The van der Waals surface area contributed by atoms with Crippen LogP contribution in [-0.2, 0) is 4.79 Å². The number of carbonyl (C=O) groups excluding carboxylic acids is 1. The first kappa shape index (κ1) is 15.7. The van der Waals surface area contributed by atoms with Crippen molar-refractivity contribution >= 4 is 11.6 Å². The van der Waals surface area contributed by atoms with Crippen molar-refractivity contribution in [3.05, 3.63) is 34.4 Å². The number of likely N-dealkylation sites (tertiary alicyclic amines) is 1. The molecular weight excluding hydrogens is 298 g/mol. The van der Waals surface area contributed by atoms with Gasteiger partial charge in [-0.25, -0.2) is 0 Å². The minimum absolute atomic E-state index is 0.00391. The number of hydrogen-bond donors (Lipinski definition) is 1. The third-order valence-corrected chi connectivity index (χ3v) is 4.38. The first-order valence-electron chi connectivity index (χ1n) is 8.02. The molecule has 0 unspecified atom stereocenters. The molecule has 1 saturated carbocycles. The molecule has 1 heterocycles. The number of piperidine rings is 1. The van der Waals surface area contributed by atoms with E-state index in [0.717, 1.165) is 32.0 Å². The Morgan fingerprint density at radius 3 is 2.43 bits per heavy atom. The Hall–Kier alpha value is -2.15. The Labute approximate surface area is 134 Å². The summed E-state index contributed by atoms with van der Waals surface area (Å²) < 4.78 is 5.37. The molecule has 0 aromatic heterocycles. The van der Waals surface area contributed by atoms with Crippen LogP contribution >= 0.6 is 0 Å². The fraction of sp³-hybridized carbons (Fsp3) is 0.562. The maximum Gasteiger partial charge on any atom is 0.269 e. The molecule has 0 bridgehead atoms. The number of nitro groups is 1. The molecular formula is C16H21N3O4. The highest BCUT2D eigenvalue weighted by Gasteiger charge is 2.32. The van der Waals surface area contributed by atoms with Gasteiger partial charge < -0.3 is 15.0 Å². The van der Waals surface area contributed by atoms with Crippen LogP contribution in [0.2, 0.25) is 0 Å². The summed E-state index contributed by atoms with van der Waals surface area (Å²) in [4.78, 5) is 24.5. The summed E-state index contributed by atoms with van der Waals surface area (Å²) in [6, 6.07) is 6.73. The molecule has 0 atom stereocenters.